The fraction of sp³-hybridized carbons (Fsp3) is 0.400. The maximum absolute atomic E-state index is 5.10. The Hall–Kier alpha value is -1.94. The van der Waals surface area contributed by atoms with Gasteiger partial charge in [0.05, 0.1) is 0 Å². The second kappa shape index (κ2) is 5.66. The molecule has 4 heteroatoms. The highest BCUT2D eigenvalue weighted by Crippen LogP contribution is 1.94. The third-order valence-corrected chi connectivity index (χ3v) is 1.55. The van der Waals surface area contributed by atoms with E-state index in [1.54, 1.807) is 0 Å². The molecule has 0 bridgehead atoms. The van der Waals surface area contributed by atoms with E-state index in [0.29, 0.717) is 37.3 Å². The van der Waals surface area contributed by atoms with Crippen LogP contribution in [0.15, 0.2) is 0 Å². The van der Waals surface area contributed by atoms with Crippen LogP contribution >= 0.6 is 0 Å². The standard InChI is InChI=1S/C10H10N4/c1-3-5-7-9-11-13-10(14-12-9)8-6-4-2/h1-2H,5-8H2. The summed E-state index contributed by atoms with van der Waals surface area (Å²) in [5.74, 6) is 6.16. The van der Waals surface area contributed by atoms with E-state index in [-0.39, 0.29) is 0 Å². The van der Waals surface area contributed by atoms with Crippen molar-refractivity contribution in [2.45, 2.75) is 25.7 Å². The molecule has 0 fully saturated rings. The number of nitrogens with zero attached hydrogens (tertiary/aromatic N) is 4. The number of terminal acetylenes is 2. The van der Waals surface area contributed by atoms with E-state index in [9.17, 15) is 0 Å². The van der Waals surface area contributed by atoms with Crippen molar-refractivity contribution in [2.24, 2.45) is 0 Å². The van der Waals surface area contributed by atoms with Crippen LogP contribution < -0.4 is 0 Å². The Morgan fingerprint density at radius 2 is 1.14 bits per heavy atom. The van der Waals surface area contributed by atoms with Gasteiger partial charge in [-0.3, -0.25) is 0 Å². The van der Waals surface area contributed by atoms with E-state index in [1.165, 1.54) is 0 Å². The molecule has 0 aliphatic rings. The summed E-state index contributed by atoms with van der Waals surface area (Å²) in [6, 6.07) is 0. The Morgan fingerprint density at radius 1 is 0.786 bits per heavy atom. The predicted molar refractivity (Wildman–Crippen MR) is 51.9 cm³/mol. The highest BCUT2D eigenvalue weighted by molar-refractivity contribution is 4.93. The smallest absolute Gasteiger partial charge is 0.131 e. The van der Waals surface area contributed by atoms with Crippen LogP contribution in [-0.2, 0) is 12.8 Å². The van der Waals surface area contributed by atoms with Crippen LogP contribution in [0, 0.1) is 24.7 Å². The first-order valence-electron chi connectivity index (χ1n) is 4.29. The maximum Gasteiger partial charge on any atom is 0.174 e. The fourth-order valence-electron chi connectivity index (χ4n) is 0.839. The van der Waals surface area contributed by atoms with Gasteiger partial charge in [-0.05, 0) is 0 Å². The average Bonchev–Trinajstić information content (AvgIpc) is 2.25. The minimum absolute atomic E-state index is 0.576. The highest BCUT2D eigenvalue weighted by Gasteiger charge is 1.99. The van der Waals surface area contributed by atoms with Crippen molar-refractivity contribution in [1.82, 2.24) is 20.4 Å². The molecule has 4 nitrogen and oxygen atoms in total. The van der Waals surface area contributed by atoms with Crippen molar-refractivity contribution in [3.8, 4) is 24.7 Å². The molecule has 0 saturated heterocycles. The van der Waals surface area contributed by atoms with Gasteiger partial charge in [0.15, 0.2) is 11.6 Å². The van der Waals surface area contributed by atoms with Crippen LogP contribution in [0.5, 0.6) is 0 Å². The van der Waals surface area contributed by atoms with Gasteiger partial charge in [-0.25, -0.2) is 0 Å². The number of aryl methyl sites for hydroxylation is 2. The topological polar surface area (TPSA) is 51.6 Å². The third kappa shape index (κ3) is 3.20. The van der Waals surface area contributed by atoms with Crippen LogP contribution in [0.25, 0.3) is 0 Å². The summed E-state index contributed by atoms with van der Waals surface area (Å²) in [4.78, 5) is 0. The molecule has 0 aliphatic carbocycles. The molecule has 1 rings (SSSR count). The Bertz CT molecular complexity index is 318. The monoisotopic (exact) mass is 186 g/mol. The molecule has 0 saturated carbocycles. The quantitative estimate of drug-likeness (QED) is 0.638. The van der Waals surface area contributed by atoms with Crippen LogP contribution in [0.1, 0.15) is 24.5 Å². The summed E-state index contributed by atoms with van der Waals surface area (Å²) >= 11 is 0. The molecule has 1 heterocycles. The Labute approximate surface area is 83.2 Å². The molecule has 70 valence electrons. The lowest BCUT2D eigenvalue weighted by atomic mass is 10.3. The van der Waals surface area contributed by atoms with E-state index >= 15 is 0 Å². The maximum atomic E-state index is 5.10. The zero-order chi connectivity index (χ0) is 10.2. The lowest BCUT2D eigenvalue weighted by Crippen LogP contribution is -2.05. The molecule has 0 spiro atoms. The molecule has 1 aromatic heterocycles. The van der Waals surface area contributed by atoms with Gasteiger partial charge in [-0.2, -0.15) is 0 Å². The second-order valence-electron chi connectivity index (χ2n) is 2.64. The van der Waals surface area contributed by atoms with Gasteiger partial charge in [-0.1, -0.05) is 0 Å². The average molecular weight is 186 g/mol. The Morgan fingerprint density at radius 3 is 1.43 bits per heavy atom. The lowest BCUT2D eigenvalue weighted by Gasteiger charge is -1.95. The van der Waals surface area contributed by atoms with Crippen molar-refractivity contribution in [1.29, 1.82) is 0 Å². The molecule has 0 aromatic carbocycles. The Kier molecular flexibility index (Phi) is 4.10. The first-order valence-corrected chi connectivity index (χ1v) is 4.29. The highest BCUT2D eigenvalue weighted by atomic mass is 15.3. The number of aromatic nitrogens is 4. The van der Waals surface area contributed by atoms with Crippen molar-refractivity contribution in [3.63, 3.8) is 0 Å². The van der Waals surface area contributed by atoms with Gasteiger partial charge in [-0.15, -0.1) is 45.1 Å². The molecule has 0 N–H and O–H groups in total. The molecule has 14 heavy (non-hydrogen) atoms. The molecular weight excluding hydrogens is 176 g/mol. The molecule has 0 amide bonds. The number of rotatable bonds is 4. The summed E-state index contributed by atoms with van der Waals surface area (Å²) in [5, 5.41) is 15.5. The first-order chi connectivity index (χ1) is 6.86. The second-order valence-corrected chi connectivity index (χ2v) is 2.64. The van der Waals surface area contributed by atoms with E-state index in [1.807, 2.05) is 0 Å². The van der Waals surface area contributed by atoms with Gasteiger partial charge in [0.25, 0.3) is 0 Å². The summed E-state index contributed by atoms with van der Waals surface area (Å²) in [6.45, 7) is 0. The van der Waals surface area contributed by atoms with Crippen molar-refractivity contribution >= 4 is 0 Å². The number of hydrogen-bond acceptors (Lipinski definition) is 4. The molecule has 0 unspecified atom stereocenters. The zero-order valence-corrected chi connectivity index (χ0v) is 7.77. The minimum atomic E-state index is 0.576. The molecule has 1 aromatic rings. The van der Waals surface area contributed by atoms with Crippen LogP contribution in [-0.4, -0.2) is 20.4 Å². The van der Waals surface area contributed by atoms with E-state index in [0.717, 1.165) is 0 Å². The van der Waals surface area contributed by atoms with Crippen molar-refractivity contribution in [2.75, 3.05) is 0 Å². The van der Waals surface area contributed by atoms with E-state index in [2.05, 4.69) is 32.2 Å². The van der Waals surface area contributed by atoms with Gasteiger partial charge in [0.2, 0.25) is 0 Å². The minimum Gasteiger partial charge on any atom is -0.131 e. The zero-order valence-electron chi connectivity index (χ0n) is 7.77. The van der Waals surface area contributed by atoms with E-state index < -0.39 is 0 Å². The van der Waals surface area contributed by atoms with E-state index in [4.69, 9.17) is 12.8 Å². The largest absolute Gasteiger partial charge is 0.174 e. The van der Waals surface area contributed by atoms with Gasteiger partial charge < -0.3 is 0 Å². The molecular formula is C10H10N4. The van der Waals surface area contributed by atoms with Crippen LogP contribution in [0.4, 0.5) is 0 Å². The first kappa shape index (κ1) is 10.1. The third-order valence-electron chi connectivity index (χ3n) is 1.55. The van der Waals surface area contributed by atoms with Crippen LogP contribution in [0.3, 0.4) is 0 Å². The summed E-state index contributed by atoms with van der Waals surface area (Å²) in [6.07, 6.45) is 12.6. The van der Waals surface area contributed by atoms with Crippen molar-refractivity contribution < 1.29 is 0 Å². The molecule has 0 radical (unpaired) electrons. The fourth-order valence-corrected chi connectivity index (χ4v) is 0.839. The summed E-state index contributed by atoms with van der Waals surface area (Å²) in [7, 11) is 0. The van der Waals surface area contributed by atoms with Gasteiger partial charge in [0, 0.05) is 25.7 Å². The SMILES string of the molecule is C#CCCc1nnc(CCC#C)nn1. The normalized spacial score (nSPS) is 9.00. The molecule has 0 atom stereocenters. The van der Waals surface area contributed by atoms with Crippen molar-refractivity contribution in [3.05, 3.63) is 11.6 Å². The lowest BCUT2D eigenvalue weighted by molar-refractivity contribution is 0.694. The molecule has 0 aliphatic heterocycles. The summed E-state index contributed by atoms with van der Waals surface area (Å²) in [5.41, 5.74) is 0. The summed E-state index contributed by atoms with van der Waals surface area (Å²) < 4.78 is 0. The van der Waals surface area contributed by atoms with Crippen LogP contribution in [0.2, 0.25) is 0 Å². The van der Waals surface area contributed by atoms with Gasteiger partial charge >= 0.3 is 0 Å². The predicted octanol–water partition coefficient (Wildman–Crippen LogP) is 0.398. The number of hydrogen-bond donors (Lipinski definition) is 0. The Balaban J connectivity index is 2.52. The van der Waals surface area contributed by atoms with Gasteiger partial charge in [0.1, 0.15) is 0 Å².